The van der Waals surface area contributed by atoms with Gasteiger partial charge in [-0.1, -0.05) is 19.3 Å². The topological polar surface area (TPSA) is 74.0 Å². The maximum atomic E-state index is 13.7. The fourth-order valence-electron chi connectivity index (χ4n) is 6.89. The van der Waals surface area contributed by atoms with Crippen molar-refractivity contribution >= 4 is 11.4 Å². The van der Waals surface area contributed by atoms with Crippen molar-refractivity contribution in [2.24, 2.45) is 23.7 Å². The first-order valence-electron chi connectivity index (χ1n) is 13.2. The molecule has 4 unspecified atom stereocenters. The monoisotopic (exact) mass is 522 g/mol. The fraction of sp³-hybridized carbons (Fsp3) is 0.692. The van der Waals surface area contributed by atoms with E-state index in [0.717, 1.165) is 30.0 Å². The zero-order chi connectivity index (χ0) is 26.5. The van der Waals surface area contributed by atoms with Crippen LogP contribution in [0.1, 0.15) is 57.1 Å². The molecule has 204 valence electrons. The van der Waals surface area contributed by atoms with Gasteiger partial charge < -0.3 is 4.90 Å². The van der Waals surface area contributed by atoms with Gasteiger partial charge in [-0.15, -0.1) is 0 Å². The van der Waals surface area contributed by atoms with Crippen LogP contribution in [-0.2, 0) is 11.0 Å². The van der Waals surface area contributed by atoms with Gasteiger partial charge in [0.05, 0.1) is 23.9 Å². The summed E-state index contributed by atoms with van der Waals surface area (Å²) < 4.78 is 43.8. The van der Waals surface area contributed by atoms with Gasteiger partial charge in [0.25, 0.3) is 0 Å². The summed E-state index contributed by atoms with van der Waals surface area (Å²) in [7, 11) is 3.88. The first-order chi connectivity index (χ1) is 17.5. The molecule has 5 rings (SSSR count). The van der Waals surface area contributed by atoms with Crippen LogP contribution in [-0.4, -0.2) is 58.1 Å². The predicted octanol–water partition coefficient (Wildman–Crippen LogP) is 3.30. The van der Waals surface area contributed by atoms with Crippen molar-refractivity contribution in [1.82, 2.24) is 29.6 Å². The Labute approximate surface area is 214 Å². The number of fused-ring (bicyclic) bond motifs is 1. The zero-order valence-electron chi connectivity index (χ0n) is 21.7. The number of rotatable bonds is 6. The van der Waals surface area contributed by atoms with Gasteiger partial charge in [0.1, 0.15) is 0 Å². The summed E-state index contributed by atoms with van der Waals surface area (Å²) in [5, 5.41) is 0. The van der Waals surface area contributed by atoms with E-state index in [1.807, 2.05) is 0 Å². The number of amides is 1. The van der Waals surface area contributed by atoms with Gasteiger partial charge >= 0.3 is 11.9 Å². The molecule has 2 saturated carbocycles. The molecule has 2 aromatic heterocycles. The van der Waals surface area contributed by atoms with Crippen LogP contribution in [0.15, 0.2) is 29.3 Å². The number of nitrogens with zero attached hydrogens (tertiary/aromatic N) is 4. The van der Waals surface area contributed by atoms with Gasteiger partial charge in [0, 0.05) is 39.0 Å². The Morgan fingerprint density at radius 3 is 2.57 bits per heavy atom. The first-order valence-corrected chi connectivity index (χ1v) is 13.2. The van der Waals surface area contributed by atoms with Crippen molar-refractivity contribution in [1.29, 1.82) is 0 Å². The number of hydrazine groups is 1. The lowest BCUT2D eigenvalue weighted by Crippen LogP contribution is -2.51. The Balaban J connectivity index is 1.52. The molecular formula is C26H37F3N6O2. The number of carbonyl (C=O) groups excluding carboxylic acids is 1. The van der Waals surface area contributed by atoms with Gasteiger partial charge in [-0.3, -0.25) is 18.7 Å². The van der Waals surface area contributed by atoms with Crippen LogP contribution in [0, 0.1) is 23.7 Å². The standard InChI is InChI=1S/C26H37F3N6O2/c1-16(36)32(2)13-17-10-19(23(18-6-4-7-18)24-31-30-15-33(24)3)12-20(11-17)35-14-22-21(26(27,28)29)8-5-9-34(22)25(35)37/h5,8-9,14,17-20,23-24,30-31H,4,6-7,10-13,15H2,1-3H3/t17?,19?,20?,23-,24?/m1/s1. The first kappa shape index (κ1) is 26.2. The van der Waals surface area contributed by atoms with Crippen molar-refractivity contribution in [3.05, 3.63) is 40.6 Å². The quantitative estimate of drug-likeness (QED) is 0.609. The third-order valence-corrected chi connectivity index (χ3v) is 8.96. The van der Waals surface area contributed by atoms with E-state index >= 15 is 0 Å². The molecule has 0 aromatic carbocycles. The normalized spacial score (nSPS) is 28.4. The van der Waals surface area contributed by atoms with Gasteiger partial charge in [0.2, 0.25) is 5.91 Å². The van der Waals surface area contributed by atoms with E-state index in [0.29, 0.717) is 24.8 Å². The van der Waals surface area contributed by atoms with Crippen molar-refractivity contribution in [2.75, 3.05) is 27.3 Å². The molecule has 0 radical (unpaired) electrons. The number of pyridine rings is 1. The van der Waals surface area contributed by atoms with E-state index in [1.54, 1.807) is 18.9 Å². The number of hydrogen-bond donors (Lipinski definition) is 2. The summed E-state index contributed by atoms with van der Waals surface area (Å²) in [6, 6.07) is 2.06. The molecule has 3 heterocycles. The minimum atomic E-state index is -4.55. The molecule has 3 fully saturated rings. The lowest BCUT2D eigenvalue weighted by atomic mass is 9.63. The second kappa shape index (κ2) is 10.1. The highest BCUT2D eigenvalue weighted by Gasteiger charge is 2.45. The van der Waals surface area contributed by atoms with E-state index in [1.165, 1.54) is 42.3 Å². The predicted molar refractivity (Wildman–Crippen MR) is 133 cm³/mol. The maximum Gasteiger partial charge on any atom is 0.418 e. The third kappa shape index (κ3) is 5.05. The summed E-state index contributed by atoms with van der Waals surface area (Å²) in [6.07, 6.45) is 4.26. The molecule has 3 aliphatic rings. The molecule has 1 saturated heterocycles. The van der Waals surface area contributed by atoms with E-state index in [-0.39, 0.29) is 35.5 Å². The van der Waals surface area contributed by atoms with Crippen molar-refractivity contribution < 1.29 is 18.0 Å². The number of carbonyl (C=O) groups is 1. The summed E-state index contributed by atoms with van der Waals surface area (Å²) >= 11 is 0. The van der Waals surface area contributed by atoms with Crippen LogP contribution >= 0.6 is 0 Å². The largest absolute Gasteiger partial charge is 0.418 e. The highest BCUT2D eigenvalue weighted by atomic mass is 19.4. The highest BCUT2D eigenvalue weighted by molar-refractivity contribution is 5.72. The fourth-order valence-corrected chi connectivity index (χ4v) is 6.89. The number of alkyl halides is 3. The molecule has 8 nitrogen and oxygen atoms in total. The second-order valence-electron chi connectivity index (χ2n) is 11.3. The summed E-state index contributed by atoms with van der Waals surface area (Å²) in [5.74, 6) is 1.32. The van der Waals surface area contributed by atoms with Crippen molar-refractivity contribution in [3.8, 4) is 0 Å². The van der Waals surface area contributed by atoms with Crippen LogP contribution in [0.5, 0.6) is 0 Å². The van der Waals surface area contributed by atoms with Crippen molar-refractivity contribution in [3.63, 3.8) is 0 Å². The second-order valence-corrected chi connectivity index (χ2v) is 11.3. The smallest absolute Gasteiger partial charge is 0.346 e. The summed E-state index contributed by atoms with van der Waals surface area (Å²) in [4.78, 5) is 29.4. The third-order valence-electron chi connectivity index (χ3n) is 8.96. The van der Waals surface area contributed by atoms with Gasteiger partial charge in [-0.2, -0.15) is 13.2 Å². The maximum absolute atomic E-state index is 13.7. The molecule has 1 aliphatic heterocycles. The van der Waals surface area contributed by atoms with E-state index in [2.05, 4.69) is 22.8 Å². The van der Waals surface area contributed by atoms with Crippen LogP contribution in [0.3, 0.4) is 0 Å². The highest BCUT2D eigenvalue weighted by Crippen LogP contribution is 2.48. The van der Waals surface area contributed by atoms with Crippen LogP contribution < -0.4 is 16.5 Å². The van der Waals surface area contributed by atoms with Crippen molar-refractivity contribution in [2.45, 2.75) is 63.8 Å². The van der Waals surface area contributed by atoms with Crippen LogP contribution in [0.25, 0.3) is 5.52 Å². The molecule has 0 bridgehead atoms. The number of imidazole rings is 1. The Hall–Kier alpha value is -2.37. The molecule has 2 aliphatic carbocycles. The SMILES string of the molecule is CC(=O)N(C)CC1CC([C@@H](C2CCC2)C2NNCN2C)CC(n2cc3c(C(F)(F)F)cccn3c2=O)C1. The molecular weight excluding hydrogens is 485 g/mol. The molecule has 0 spiro atoms. The minimum Gasteiger partial charge on any atom is -0.346 e. The summed E-state index contributed by atoms with van der Waals surface area (Å²) in [5.41, 5.74) is 5.34. The van der Waals surface area contributed by atoms with E-state index in [4.69, 9.17) is 0 Å². The summed E-state index contributed by atoms with van der Waals surface area (Å²) in [6.45, 7) is 2.86. The Morgan fingerprint density at radius 1 is 1.22 bits per heavy atom. The van der Waals surface area contributed by atoms with Gasteiger partial charge in [-0.25, -0.2) is 15.6 Å². The number of hydrogen-bond acceptors (Lipinski definition) is 5. The average Bonchev–Trinajstić information content (AvgIpc) is 3.38. The lowest BCUT2D eigenvalue weighted by molar-refractivity contribution is -0.136. The minimum absolute atomic E-state index is 0.0165. The number of aromatic nitrogens is 2. The molecule has 11 heteroatoms. The molecule has 1 amide bonds. The Bertz CT molecular complexity index is 1190. The van der Waals surface area contributed by atoms with Gasteiger partial charge in [-0.05, 0) is 62.1 Å². The number of halogens is 3. The van der Waals surface area contributed by atoms with E-state index < -0.39 is 17.4 Å². The zero-order valence-corrected chi connectivity index (χ0v) is 21.7. The van der Waals surface area contributed by atoms with Gasteiger partial charge in [0.15, 0.2) is 0 Å². The van der Waals surface area contributed by atoms with E-state index in [9.17, 15) is 22.8 Å². The Kier molecular flexibility index (Phi) is 7.14. The molecule has 2 aromatic rings. The average molecular weight is 523 g/mol. The number of nitrogens with one attached hydrogen (secondary N) is 2. The molecule has 5 atom stereocenters. The molecule has 37 heavy (non-hydrogen) atoms. The Morgan fingerprint density at radius 2 is 1.97 bits per heavy atom. The van der Waals surface area contributed by atoms with Crippen LogP contribution in [0.2, 0.25) is 0 Å². The van der Waals surface area contributed by atoms with Crippen LogP contribution in [0.4, 0.5) is 13.2 Å². The molecule has 2 N–H and O–H groups in total. The lowest BCUT2D eigenvalue weighted by Gasteiger charge is -2.47.